The average molecular weight is 168 g/mol. The van der Waals surface area contributed by atoms with E-state index in [0.29, 0.717) is 17.6 Å². The molecule has 0 aliphatic heterocycles. The Morgan fingerprint density at radius 3 is 1.78 bits per heavy atom. The van der Waals surface area contributed by atoms with Crippen molar-refractivity contribution in [3.05, 3.63) is 0 Å². The van der Waals surface area contributed by atoms with Crippen LogP contribution in [0.3, 0.4) is 0 Å². The van der Waals surface area contributed by atoms with Gasteiger partial charge in [-0.15, -0.1) is 0 Å². The first-order valence-electron chi connectivity index (χ1n) is 3.11. The van der Waals surface area contributed by atoms with Gasteiger partial charge in [0.2, 0.25) is 0 Å². The predicted octanol–water partition coefficient (Wildman–Crippen LogP) is 2.20. The molecule has 0 N–H and O–H groups in total. The minimum Gasteiger partial charge on any atom is -0.362 e. The fourth-order valence-electron chi connectivity index (χ4n) is 0.336. The van der Waals surface area contributed by atoms with Crippen LogP contribution in [0, 0.1) is 0 Å². The van der Waals surface area contributed by atoms with E-state index in [1.165, 1.54) is 0 Å². The molecule has 0 radical (unpaired) electrons. The highest BCUT2D eigenvalue weighted by Gasteiger charge is 1.84. The third-order valence-corrected chi connectivity index (χ3v) is 2.78. The van der Waals surface area contributed by atoms with E-state index in [-0.39, 0.29) is 0 Å². The van der Waals surface area contributed by atoms with Crippen molar-refractivity contribution in [3.63, 3.8) is 0 Å². The summed E-state index contributed by atoms with van der Waals surface area (Å²) in [6, 6.07) is 0. The van der Waals surface area contributed by atoms with Crippen LogP contribution in [-0.4, -0.2) is 19.1 Å². The lowest BCUT2D eigenvalue weighted by molar-refractivity contribution is 0.383. The molecule has 0 heterocycles. The van der Waals surface area contributed by atoms with Crippen molar-refractivity contribution in [3.8, 4) is 0 Å². The van der Waals surface area contributed by atoms with Gasteiger partial charge < -0.3 is 9.05 Å². The summed E-state index contributed by atoms with van der Waals surface area (Å²) in [5.74, 6) is 1.07. The number of hydrogen-bond donors (Lipinski definition) is 0. The molecular formula is C5H14O2P2. The van der Waals surface area contributed by atoms with Crippen LogP contribution in [0.1, 0.15) is 13.8 Å². The first kappa shape index (κ1) is 9.78. The molecular weight excluding hydrogens is 154 g/mol. The monoisotopic (exact) mass is 168 g/mol. The minimum absolute atomic E-state index is 0.629. The van der Waals surface area contributed by atoms with Crippen LogP contribution < -0.4 is 0 Å². The van der Waals surface area contributed by atoms with Crippen LogP contribution in [0.5, 0.6) is 0 Å². The van der Waals surface area contributed by atoms with Crippen molar-refractivity contribution in [2.75, 3.05) is 19.1 Å². The lowest BCUT2D eigenvalue weighted by atomic mass is 10.9. The lowest BCUT2D eigenvalue weighted by Crippen LogP contribution is -1.77. The fraction of sp³-hybridized carbons (Fsp3) is 1.00. The first-order chi connectivity index (χ1) is 4.41. The van der Waals surface area contributed by atoms with Gasteiger partial charge in [-0.05, 0) is 13.8 Å². The molecule has 0 saturated carbocycles. The molecule has 2 atom stereocenters. The fourth-order valence-corrected chi connectivity index (χ4v) is 1.80. The molecule has 0 bridgehead atoms. The van der Waals surface area contributed by atoms with E-state index < -0.39 is 0 Å². The second-order valence-corrected chi connectivity index (χ2v) is 3.90. The van der Waals surface area contributed by atoms with Crippen LogP contribution in [0.4, 0.5) is 0 Å². The van der Waals surface area contributed by atoms with Crippen molar-refractivity contribution in [1.82, 2.24) is 0 Å². The van der Waals surface area contributed by atoms with Gasteiger partial charge in [-0.3, -0.25) is 0 Å². The molecule has 56 valence electrons. The zero-order valence-corrected chi connectivity index (χ0v) is 7.94. The third kappa shape index (κ3) is 8.78. The van der Waals surface area contributed by atoms with Crippen LogP contribution in [-0.2, 0) is 9.05 Å². The van der Waals surface area contributed by atoms with E-state index in [1.807, 2.05) is 13.8 Å². The number of rotatable bonds is 6. The summed E-state index contributed by atoms with van der Waals surface area (Å²) in [7, 11) is 1.26. The molecule has 4 heteroatoms. The summed E-state index contributed by atoms with van der Waals surface area (Å²) in [6.45, 7) is 5.68. The molecule has 2 unspecified atom stereocenters. The molecule has 0 aromatic rings. The summed E-state index contributed by atoms with van der Waals surface area (Å²) in [5, 5.41) is 0. The maximum Gasteiger partial charge on any atom is 0.0477 e. The topological polar surface area (TPSA) is 18.5 Å². The van der Waals surface area contributed by atoms with Gasteiger partial charge in [0.25, 0.3) is 0 Å². The van der Waals surface area contributed by atoms with Gasteiger partial charge in [0.05, 0.1) is 0 Å². The van der Waals surface area contributed by atoms with Crippen molar-refractivity contribution < 1.29 is 9.05 Å². The van der Waals surface area contributed by atoms with Crippen molar-refractivity contribution in [2.45, 2.75) is 13.8 Å². The predicted molar refractivity (Wildman–Crippen MR) is 44.7 cm³/mol. The Kier molecular flexibility index (Phi) is 9.54. The van der Waals surface area contributed by atoms with Gasteiger partial charge in [0.1, 0.15) is 0 Å². The molecule has 9 heavy (non-hydrogen) atoms. The van der Waals surface area contributed by atoms with Crippen molar-refractivity contribution in [2.24, 2.45) is 0 Å². The van der Waals surface area contributed by atoms with E-state index in [4.69, 9.17) is 9.05 Å². The van der Waals surface area contributed by atoms with Crippen LogP contribution in [0.25, 0.3) is 0 Å². The molecule has 0 rings (SSSR count). The second-order valence-electron chi connectivity index (χ2n) is 1.33. The summed E-state index contributed by atoms with van der Waals surface area (Å²) in [5.41, 5.74) is 0. The zero-order valence-electron chi connectivity index (χ0n) is 5.94. The standard InChI is InChI=1S/C5H14O2P2/c1-3-6-8-5-9-7-4-2/h8-9H,3-5H2,1-2H3. The minimum atomic E-state index is 0.629. The highest BCUT2D eigenvalue weighted by Crippen LogP contribution is 2.24. The summed E-state index contributed by atoms with van der Waals surface area (Å²) in [4.78, 5) is 0. The van der Waals surface area contributed by atoms with Gasteiger partial charge in [0.15, 0.2) is 0 Å². The molecule has 0 saturated heterocycles. The number of hydrogen-bond acceptors (Lipinski definition) is 2. The Morgan fingerprint density at radius 1 is 1.00 bits per heavy atom. The third-order valence-electron chi connectivity index (χ3n) is 0.637. The van der Waals surface area contributed by atoms with E-state index in [0.717, 1.165) is 19.1 Å². The largest absolute Gasteiger partial charge is 0.362 e. The SMILES string of the molecule is CCOPCPOCC. The van der Waals surface area contributed by atoms with Crippen LogP contribution >= 0.6 is 17.6 Å². The van der Waals surface area contributed by atoms with E-state index in [1.54, 1.807) is 0 Å². The summed E-state index contributed by atoms with van der Waals surface area (Å²) in [6.07, 6.45) is 0. The highest BCUT2D eigenvalue weighted by atomic mass is 31.1. The maximum atomic E-state index is 5.13. The van der Waals surface area contributed by atoms with Crippen molar-refractivity contribution in [1.29, 1.82) is 0 Å². The van der Waals surface area contributed by atoms with Gasteiger partial charge in [-0.2, -0.15) is 0 Å². The molecule has 0 amide bonds. The van der Waals surface area contributed by atoms with E-state index in [2.05, 4.69) is 0 Å². The summed E-state index contributed by atoms with van der Waals surface area (Å²) < 4.78 is 10.3. The molecule has 2 nitrogen and oxygen atoms in total. The molecule has 0 aliphatic carbocycles. The zero-order chi connectivity index (χ0) is 6.95. The maximum absolute atomic E-state index is 5.13. The lowest BCUT2D eigenvalue weighted by Gasteiger charge is -1.99. The Bertz CT molecular complexity index is 46.2. The van der Waals surface area contributed by atoms with Gasteiger partial charge in [-0.25, -0.2) is 0 Å². The van der Waals surface area contributed by atoms with Gasteiger partial charge in [0, 0.05) is 36.7 Å². The molecule has 0 aromatic carbocycles. The normalized spacial score (nSPS) is 12.7. The van der Waals surface area contributed by atoms with Gasteiger partial charge >= 0.3 is 0 Å². The van der Waals surface area contributed by atoms with Gasteiger partial charge in [-0.1, -0.05) is 0 Å². The van der Waals surface area contributed by atoms with E-state index >= 15 is 0 Å². The first-order valence-corrected chi connectivity index (χ1v) is 5.34. The molecule has 0 fully saturated rings. The van der Waals surface area contributed by atoms with E-state index in [9.17, 15) is 0 Å². The Labute approximate surface area is 60.4 Å². The quantitative estimate of drug-likeness (QED) is 0.447. The van der Waals surface area contributed by atoms with Crippen molar-refractivity contribution >= 4 is 17.6 Å². The smallest absolute Gasteiger partial charge is 0.0477 e. The molecule has 0 aromatic heterocycles. The summed E-state index contributed by atoms with van der Waals surface area (Å²) >= 11 is 0. The molecule has 0 aliphatic rings. The van der Waals surface area contributed by atoms with Crippen LogP contribution in [0.2, 0.25) is 0 Å². The Balaban J connectivity index is 2.60. The Hall–Kier alpha value is 0.780. The Morgan fingerprint density at radius 2 is 1.44 bits per heavy atom. The highest BCUT2D eigenvalue weighted by molar-refractivity contribution is 7.50. The molecule has 0 spiro atoms. The van der Waals surface area contributed by atoms with Crippen LogP contribution in [0.15, 0.2) is 0 Å². The second kappa shape index (κ2) is 8.78. The average Bonchev–Trinajstić information content (AvgIpc) is 1.89.